The number of benzene rings is 3. The molecule has 0 N–H and O–H groups in total. The Hall–Kier alpha value is -4.18. The van der Waals surface area contributed by atoms with Crippen molar-refractivity contribution < 1.29 is 32.7 Å². The Morgan fingerprint density at radius 2 is 1.60 bits per heavy atom. The van der Waals surface area contributed by atoms with Crippen molar-refractivity contribution >= 4 is 28.3 Å². The van der Waals surface area contributed by atoms with Crippen LogP contribution in [0.2, 0.25) is 0 Å². The number of allylic oxidation sites excluding steroid dienone is 1. The van der Waals surface area contributed by atoms with Crippen molar-refractivity contribution in [2.75, 3.05) is 0 Å². The molecule has 1 atom stereocenters. The van der Waals surface area contributed by atoms with Crippen LogP contribution in [0.15, 0.2) is 112 Å². The molecule has 0 saturated heterocycles. The van der Waals surface area contributed by atoms with Gasteiger partial charge in [0.25, 0.3) is 0 Å². The first-order valence-corrected chi connectivity index (χ1v) is 17.0. The Balaban J connectivity index is 0.000000391. The quantitative estimate of drug-likeness (QED) is 0.143. The number of nitrogens with zero attached hydrogens (tertiary/aromatic N) is 3. The van der Waals surface area contributed by atoms with Crippen molar-refractivity contribution in [2.45, 2.75) is 85.5 Å². The Bertz CT molecular complexity index is 2280. The second kappa shape index (κ2) is 16.7. The molecule has 0 spiro atoms. The van der Waals surface area contributed by atoms with Gasteiger partial charge in [-0.2, -0.15) is 18.2 Å². The summed E-state index contributed by atoms with van der Waals surface area (Å²) in [6.07, 6.45) is 4.52. The molecule has 4 heterocycles. The van der Waals surface area contributed by atoms with Gasteiger partial charge in [-0.05, 0) is 84.4 Å². The van der Waals surface area contributed by atoms with Crippen LogP contribution >= 0.6 is 0 Å². The minimum Gasteiger partial charge on any atom is -0.501 e. The van der Waals surface area contributed by atoms with Gasteiger partial charge in [0.05, 0.1) is 11.7 Å². The average molecular weight is 844 g/mol. The average Bonchev–Trinajstić information content (AvgIpc) is 3.55. The van der Waals surface area contributed by atoms with Crippen molar-refractivity contribution in [3.63, 3.8) is 0 Å². The third-order valence-corrected chi connectivity index (χ3v) is 9.09. The van der Waals surface area contributed by atoms with Crippen molar-refractivity contribution in [3.8, 4) is 22.5 Å². The van der Waals surface area contributed by atoms with E-state index in [1.807, 2.05) is 126 Å². The largest absolute Gasteiger partial charge is 0.501 e. The number of hydrogen-bond acceptors (Lipinski definition) is 4. The zero-order valence-corrected chi connectivity index (χ0v) is 31.9. The van der Waals surface area contributed by atoms with Crippen molar-refractivity contribution in [2.24, 2.45) is 10.9 Å². The van der Waals surface area contributed by atoms with E-state index in [1.165, 1.54) is 6.21 Å². The molecule has 1 unspecified atom stereocenters. The van der Waals surface area contributed by atoms with Gasteiger partial charge in [-0.15, -0.1) is 35.9 Å². The fraction of sp³-hybridized carbons (Fsp3) is 0.311. The topological polar surface area (TPSA) is 51.3 Å². The fourth-order valence-corrected chi connectivity index (χ4v) is 6.55. The van der Waals surface area contributed by atoms with Crippen molar-refractivity contribution in [1.82, 2.24) is 9.97 Å². The standard InChI is InChI=1S/C34H39N2O.C11H8N.Ir/c1-8-23(9-2)29-18-31(35-19-22(29)7)28-15-11-14-26-27-16-17-30(36-34(27)37-33(26)28)32-24(20(3)4)12-10-13-25(32)21(5)6;1-2-6-10(7-3-1)11-8-4-5-9-12-11;/h10-14,16-17,19-21,23,31H,8-9,18H2,1-7H3;1-6,8-9H;/q2*-1;/i7D3,20D,21D,23D;;. The summed E-state index contributed by atoms with van der Waals surface area (Å²) in [6, 6.07) is 33.1. The molecule has 3 aromatic carbocycles. The van der Waals surface area contributed by atoms with E-state index >= 15 is 0 Å². The van der Waals surface area contributed by atoms with Crippen LogP contribution in [0.3, 0.4) is 0 Å². The minimum atomic E-state index is -2.35. The monoisotopic (exact) mass is 844 g/mol. The number of dihydropyridines is 1. The molecular formula is C45H47IrN3O-2. The number of furan rings is 1. The molecule has 1 radical (unpaired) electrons. The predicted octanol–water partition coefficient (Wildman–Crippen LogP) is 12.5. The number of hydrogen-bond donors (Lipinski definition) is 0. The first-order chi connectivity index (χ1) is 26.0. The maximum Gasteiger partial charge on any atom is 0.213 e. The summed E-state index contributed by atoms with van der Waals surface area (Å²) in [5, 5.41) is 1.67. The third-order valence-electron chi connectivity index (χ3n) is 9.09. The summed E-state index contributed by atoms with van der Waals surface area (Å²) >= 11 is 0. The van der Waals surface area contributed by atoms with Crippen LogP contribution in [0.4, 0.5) is 0 Å². The van der Waals surface area contributed by atoms with Crippen LogP contribution in [-0.4, -0.2) is 16.2 Å². The molecule has 0 fully saturated rings. The van der Waals surface area contributed by atoms with E-state index in [0.717, 1.165) is 38.7 Å². The maximum atomic E-state index is 9.11. The second-order valence-electron chi connectivity index (χ2n) is 12.7. The van der Waals surface area contributed by atoms with E-state index < -0.39 is 30.6 Å². The minimum absolute atomic E-state index is 0. The number of fused-ring (bicyclic) bond motifs is 3. The molecule has 5 heteroatoms. The summed E-state index contributed by atoms with van der Waals surface area (Å²) in [6.45, 7) is 8.83. The van der Waals surface area contributed by atoms with Gasteiger partial charge >= 0.3 is 0 Å². The molecule has 0 bridgehead atoms. The Kier molecular flexibility index (Phi) is 9.86. The summed E-state index contributed by atoms with van der Waals surface area (Å²) in [5.74, 6) is -2.83. The molecule has 259 valence electrons. The van der Waals surface area contributed by atoms with E-state index in [-0.39, 0.29) is 25.7 Å². The summed E-state index contributed by atoms with van der Waals surface area (Å²) in [5.41, 5.74) is 7.46. The zero-order valence-electron chi connectivity index (χ0n) is 35.5. The van der Waals surface area contributed by atoms with Gasteiger partial charge in [-0.1, -0.05) is 88.4 Å². The molecule has 0 saturated carbocycles. The van der Waals surface area contributed by atoms with Crippen LogP contribution in [0.5, 0.6) is 0 Å². The summed E-state index contributed by atoms with van der Waals surface area (Å²) in [4.78, 5) is 13.8. The Morgan fingerprint density at radius 3 is 2.24 bits per heavy atom. The first-order valence-electron chi connectivity index (χ1n) is 20.0. The van der Waals surface area contributed by atoms with E-state index in [4.69, 9.17) is 17.6 Å². The molecule has 6 aromatic rings. The summed E-state index contributed by atoms with van der Waals surface area (Å²) in [7, 11) is 0. The zero-order chi connectivity index (χ0) is 39.8. The number of rotatable bonds is 8. The van der Waals surface area contributed by atoms with Gasteiger partial charge in [0, 0.05) is 57.3 Å². The molecule has 1 aliphatic heterocycles. The van der Waals surface area contributed by atoms with Crippen molar-refractivity contribution in [1.29, 1.82) is 0 Å². The smallest absolute Gasteiger partial charge is 0.213 e. The van der Waals surface area contributed by atoms with Gasteiger partial charge in [0.2, 0.25) is 5.71 Å². The van der Waals surface area contributed by atoms with Crippen molar-refractivity contribution in [3.05, 3.63) is 131 Å². The maximum absolute atomic E-state index is 9.11. The van der Waals surface area contributed by atoms with Crippen LogP contribution in [0.1, 0.15) is 110 Å². The number of aliphatic imine (C=N–C) groups is 1. The van der Waals surface area contributed by atoms with E-state index in [1.54, 1.807) is 6.20 Å². The normalized spacial score (nSPS) is 17.0. The molecule has 50 heavy (non-hydrogen) atoms. The third kappa shape index (κ3) is 7.75. The Morgan fingerprint density at radius 1 is 0.840 bits per heavy atom. The van der Waals surface area contributed by atoms with Gasteiger partial charge in [-0.3, -0.25) is 4.99 Å². The Labute approximate surface area is 320 Å². The van der Waals surface area contributed by atoms with E-state index in [2.05, 4.69) is 22.1 Å². The van der Waals surface area contributed by atoms with Gasteiger partial charge in [0.15, 0.2) is 0 Å². The molecule has 4 nitrogen and oxygen atoms in total. The van der Waals surface area contributed by atoms with Crippen LogP contribution in [0, 0.1) is 18.0 Å². The van der Waals surface area contributed by atoms with Crippen LogP contribution in [0.25, 0.3) is 44.6 Å². The number of aromatic nitrogens is 2. The van der Waals surface area contributed by atoms with Gasteiger partial charge < -0.3 is 9.40 Å². The second-order valence-corrected chi connectivity index (χ2v) is 12.7. The van der Waals surface area contributed by atoms with Gasteiger partial charge in [0.1, 0.15) is 0 Å². The van der Waals surface area contributed by atoms with Crippen LogP contribution < -0.4 is 0 Å². The number of pyridine rings is 2. The predicted molar refractivity (Wildman–Crippen MR) is 205 cm³/mol. The van der Waals surface area contributed by atoms with Crippen LogP contribution in [-0.2, 0) is 20.1 Å². The molecular weight excluding hydrogens is 791 g/mol. The fourth-order valence-electron chi connectivity index (χ4n) is 6.55. The molecule has 7 rings (SSSR count). The summed E-state index contributed by atoms with van der Waals surface area (Å²) < 4.78 is 57.5. The molecule has 0 amide bonds. The molecule has 0 aliphatic carbocycles. The first kappa shape index (κ1) is 29.5. The van der Waals surface area contributed by atoms with E-state index in [0.29, 0.717) is 47.4 Å². The van der Waals surface area contributed by atoms with Gasteiger partial charge in [-0.25, -0.2) is 4.98 Å². The van der Waals surface area contributed by atoms with E-state index in [9.17, 15) is 0 Å². The molecule has 1 aliphatic rings. The molecule has 3 aromatic heterocycles. The SMILES string of the molecule is [2H]C([2H])([2H])C1=C(C([2H])(CC)CC)CC(c2[c-]ccc3c2oc2nc(-c4c(C([2H])(C)C)cccc4C([2H])(C)C)ccc23)N=C1.[Ir].[c-]1ccccc1-c1ccccn1.